The van der Waals surface area contributed by atoms with Crippen molar-refractivity contribution in [2.45, 2.75) is 38.3 Å². The Labute approximate surface area is 213 Å². The zero-order valence-electron chi connectivity index (χ0n) is 19.0. The summed E-state index contributed by atoms with van der Waals surface area (Å²) in [5, 5.41) is 7.04. The SMILES string of the molecule is CN=C(NCc1cccc(N2CC=CC2)c1)NC1CCC(C(=O)N2CCSCC2)CC1.I. The number of nitrogens with zero attached hydrogens (tertiary/aromatic N) is 3. The fourth-order valence-corrected chi connectivity index (χ4v) is 5.56. The van der Waals surface area contributed by atoms with Gasteiger partial charge in [-0.25, -0.2) is 0 Å². The number of benzene rings is 1. The molecule has 2 heterocycles. The summed E-state index contributed by atoms with van der Waals surface area (Å²) < 4.78 is 0. The Morgan fingerprint density at radius 3 is 2.53 bits per heavy atom. The maximum atomic E-state index is 12.8. The van der Waals surface area contributed by atoms with Gasteiger partial charge in [0.05, 0.1) is 0 Å². The molecule has 6 nitrogen and oxygen atoms in total. The largest absolute Gasteiger partial charge is 0.364 e. The zero-order valence-corrected chi connectivity index (χ0v) is 22.1. The number of hydrogen-bond donors (Lipinski definition) is 2. The molecule has 0 bridgehead atoms. The van der Waals surface area contributed by atoms with E-state index in [9.17, 15) is 4.79 Å². The number of hydrogen-bond acceptors (Lipinski definition) is 4. The summed E-state index contributed by atoms with van der Waals surface area (Å²) >= 11 is 1.95. The smallest absolute Gasteiger partial charge is 0.225 e. The molecule has 1 saturated carbocycles. The van der Waals surface area contributed by atoms with Crippen LogP contribution in [0.1, 0.15) is 31.2 Å². The summed E-state index contributed by atoms with van der Waals surface area (Å²) in [6.45, 7) is 4.57. The van der Waals surface area contributed by atoms with E-state index in [0.29, 0.717) is 11.9 Å². The lowest BCUT2D eigenvalue weighted by atomic mass is 9.85. The summed E-state index contributed by atoms with van der Waals surface area (Å²) in [6.07, 6.45) is 8.43. The zero-order chi connectivity index (χ0) is 21.5. The van der Waals surface area contributed by atoms with E-state index in [-0.39, 0.29) is 29.9 Å². The number of guanidine groups is 1. The first-order valence-electron chi connectivity index (χ1n) is 11.6. The third kappa shape index (κ3) is 6.79. The molecule has 176 valence electrons. The van der Waals surface area contributed by atoms with Gasteiger partial charge in [-0.3, -0.25) is 9.79 Å². The van der Waals surface area contributed by atoms with Gasteiger partial charge in [-0.15, -0.1) is 24.0 Å². The molecule has 0 spiro atoms. The number of nitrogens with one attached hydrogen (secondary N) is 2. The van der Waals surface area contributed by atoms with E-state index in [1.54, 1.807) is 0 Å². The van der Waals surface area contributed by atoms with Crippen molar-refractivity contribution in [1.29, 1.82) is 0 Å². The molecule has 8 heteroatoms. The van der Waals surface area contributed by atoms with Gasteiger partial charge in [-0.1, -0.05) is 24.3 Å². The van der Waals surface area contributed by atoms with Crippen LogP contribution in [-0.4, -0.2) is 67.5 Å². The molecule has 32 heavy (non-hydrogen) atoms. The Bertz CT molecular complexity index is 795. The molecule has 0 unspecified atom stereocenters. The van der Waals surface area contributed by atoms with Crippen LogP contribution in [0.2, 0.25) is 0 Å². The number of halogens is 1. The summed E-state index contributed by atoms with van der Waals surface area (Å²) in [5.74, 6) is 3.61. The molecule has 3 aliphatic rings. The van der Waals surface area contributed by atoms with E-state index < -0.39 is 0 Å². The molecule has 0 aromatic heterocycles. The van der Waals surface area contributed by atoms with Crippen LogP contribution >= 0.6 is 35.7 Å². The maximum absolute atomic E-state index is 12.8. The molecule has 4 rings (SSSR count). The lowest BCUT2D eigenvalue weighted by molar-refractivity contribution is -0.136. The lowest BCUT2D eigenvalue weighted by Crippen LogP contribution is -2.47. The van der Waals surface area contributed by atoms with Crippen LogP contribution in [0.15, 0.2) is 41.4 Å². The van der Waals surface area contributed by atoms with Crippen LogP contribution in [0.25, 0.3) is 0 Å². The van der Waals surface area contributed by atoms with Gasteiger partial charge in [-0.05, 0) is 43.4 Å². The molecular formula is C24H36IN5OS. The van der Waals surface area contributed by atoms with Crippen molar-refractivity contribution < 1.29 is 4.79 Å². The molecule has 1 amide bonds. The standard InChI is InChI=1S/C24H35N5OS.HI/c1-25-24(26-18-19-5-4-6-22(17-19)28-11-2-3-12-28)27-21-9-7-20(8-10-21)23(30)29-13-15-31-16-14-29;/h2-6,17,20-21H,7-16,18H2,1H3,(H2,25,26,27);1H. The topological polar surface area (TPSA) is 60.0 Å². The highest BCUT2D eigenvalue weighted by Crippen LogP contribution is 2.27. The van der Waals surface area contributed by atoms with Crippen LogP contribution in [0, 0.1) is 5.92 Å². The van der Waals surface area contributed by atoms with Gasteiger partial charge in [0.25, 0.3) is 0 Å². The molecule has 2 fully saturated rings. The molecule has 2 N–H and O–H groups in total. The lowest BCUT2D eigenvalue weighted by Gasteiger charge is -2.34. The van der Waals surface area contributed by atoms with Crippen molar-refractivity contribution >= 4 is 53.3 Å². The van der Waals surface area contributed by atoms with E-state index in [2.05, 4.69) is 61.8 Å². The molecule has 1 aromatic rings. The van der Waals surface area contributed by atoms with E-state index >= 15 is 0 Å². The third-order valence-electron chi connectivity index (χ3n) is 6.52. The van der Waals surface area contributed by atoms with Gasteiger partial charge in [0.15, 0.2) is 5.96 Å². The Morgan fingerprint density at radius 2 is 1.84 bits per heavy atom. The van der Waals surface area contributed by atoms with E-state index in [4.69, 9.17) is 0 Å². The first-order valence-corrected chi connectivity index (χ1v) is 12.7. The fraction of sp³-hybridized carbons (Fsp3) is 0.583. The second-order valence-corrected chi connectivity index (χ2v) is 9.83. The number of thioether (sulfide) groups is 1. The second kappa shape index (κ2) is 12.7. The normalized spacial score (nSPS) is 23.6. The van der Waals surface area contributed by atoms with Gasteiger partial charge >= 0.3 is 0 Å². The minimum absolute atomic E-state index is 0. The minimum Gasteiger partial charge on any atom is -0.364 e. The Kier molecular flexibility index (Phi) is 10.0. The maximum Gasteiger partial charge on any atom is 0.225 e. The number of aliphatic imine (C=N–C) groups is 1. The quantitative estimate of drug-likeness (QED) is 0.246. The van der Waals surface area contributed by atoms with Gasteiger partial charge in [0, 0.05) is 68.9 Å². The fourth-order valence-electron chi connectivity index (χ4n) is 4.65. The van der Waals surface area contributed by atoms with E-state index in [1.165, 1.54) is 11.3 Å². The highest BCUT2D eigenvalue weighted by Gasteiger charge is 2.30. The first kappa shape index (κ1) is 25.2. The summed E-state index contributed by atoms with van der Waals surface area (Å²) in [4.78, 5) is 21.6. The van der Waals surface area contributed by atoms with Crippen molar-refractivity contribution in [2.24, 2.45) is 10.9 Å². The molecule has 1 aliphatic carbocycles. The number of carbonyl (C=O) groups excluding carboxylic acids is 1. The van der Waals surface area contributed by atoms with Crippen molar-refractivity contribution in [3.05, 3.63) is 42.0 Å². The van der Waals surface area contributed by atoms with Crippen LogP contribution in [0.4, 0.5) is 5.69 Å². The predicted molar refractivity (Wildman–Crippen MR) is 146 cm³/mol. The molecule has 0 radical (unpaired) electrons. The molecular weight excluding hydrogens is 533 g/mol. The Hall–Kier alpha value is -1.42. The van der Waals surface area contributed by atoms with Crippen molar-refractivity contribution in [2.75, 3.05) is 49.6 Å². The molecule has 0 atom stereocenters. The molecule has 2 aliphatic heterocycles. The van der Waals surface area contributed by atoms with Crippen LogP contribution < -0.4 is 15.5 Å². The first-order chi connectivity index (χ1) is 15.2. The summed E-state index contributed by atoms with van der Waals surface area (Å²) in [5.41, 5.74) is 2.52. The van der Waals surface area contributed by atoms with Gasteiger partial charge in [-0.2, -0.15) is 11.8 Å². The second-order valence-electron chi connectivity index (χ2n) is 8.60. The summed E-state index contributed by atoms with van der Waals surface area (Å²) in [7, 11) is 1.82. The van der Waals surface area contributed by atoms with Crippen molar-refractivity contribution in [3.63, 3.8) is 0 Å². The number of anilines is 1. The van der Waals surface area contributed by atoms with Crippen molar-refractivity contribution in [3.8, 4) is 0 Å². The minimum atomic E-state index is 0. The highest BCUT2D eigenvalue weighted by molar-refractivity contribution is 14.0. The summed E-state index contributed by atoms with van der Waals surface area (Å²) in [6, 6.07) is 9.09. The average Bonchev–Trinajstić information content (AvgIpc) is 3.38. The number of amides is 1. The number of carbonyl (C=O) groups is 1. The van der Waals surface area contributed by atoms with Gasteiger partial charge in [0.1, 0.15) is 0 Å². The van der Waals surface area contributed by atoms with Crippen LogP contribution in [0.3, 0.4) is 0 Å². The van der Waals surface area contributed by atoms with Gasteiger partial charge < -0.3 is 20.4 Å². The Morgan fingerprint density at radius 1 is 1.12 bits per heavy atom. The monoisotopic (exact) mass is 569 g/mol. The average molecular weight is 570 g/mol. The highest BCUT2D eigenvalue weighted by atomic mass is 127. The van der Waals surface area contributed by atoms with Crippen LogP contribution in [-0.2, 0) is 11.3 Å². The Balaban J connectivity index is 0.00000289. The van der Waals surface area contributed by atoms with E-state index in [0.717, 1.165) is 75.9 Å². The van der Waals surface area contributed by atoms with E-state index in [1.807, 2.05) is 18.8 Å². The molecule has 1 saturated heterocycles. The third-order valence-corrected chi connectivity index (χ3v) is 7.46. The van der Waals surface area contributed by atoms with Gasteiger partial charge in [0.2, 0.25) is 5.91 Å². The van der Waals surface area contributed by atoms with Crippen LogP contribution in [0.5, 0.6) is 0 Å². The number of rotatable bonds is 5. The predicted octanol–water partition coefficient (Wildman–Crippen LogP) is 3.48. The molecule has 1 aromatic carbocycles. The van der Waals surface area contributed by atoms with Crippen molar-refractivity contribution in [1.82, 2.24) is 15.5 Å².